The normalized spacial score (nSPS) is 12.0. The molecule has 0 fully saturated rings. The minimum Gasteiger partial charge on any atom is -0.432 e. The Morgan fingerprint density at radius 1 is 1.27 bits per heavy atom. The van der Waals surface area contributed by atoms with Crippen LogP contribution in [-0.2, 0) is 0 Å². The predicted molar refractivity (Wildman–Crippen MR) is 50.7 cm³/mol. The molecule has 0 aliphatic rings. The first kappa shape index (κ1) is 11.2. The number of hydrogen-bond donors (Lipinski definition) is 1. The van der Waals surface area contributed by atoms with E-state index in [2.05, 4.69) is 20.8 Å². The summed E-state index contributed by atoms with van der Waals surface area (Å²) in [6.45, 7) is 6.87. The molecule has 66 valence electrons. The molecule has 2 heteroatoms. The average Bonchev–Trinajstić information content (AvgIpc) is 1.99. The molecule has 11 heavy (non-hydrogen) atoms. The van der Waals surface area contributed by atoms with Crippen molar-refractivity contribution in [3.63, 3.8) is 0 Å². The van der Waals surface area contributed by atoms with Crippen LogP contribution in [0.4, 0.5) is 0 Å². The van der Waals surface area contributed by atoms with E-state index >= 15 is 0 Å². The molecule has 0 atom stereocenters. The van der Waals surface area contributed by atoms with Crippen molar-refractivity contribution in [3.05, 3.63) is 0 Å². The van der Waals surface area contributed by atoms with Crippen LogP contribution in [0.3, 0.4) is 0 Å². The lowest BCUT2D eigenvalue weighted by atomic mass is 9.85. The third kappa shape index (κ3) is 6.57. The summed E-state index contributed by atoms with van der Waals surface area (Å²) < 4.78 is 0. The maximum atomic E-state index is 8.58. The van der Waals surface area contributed by atoms with Crippen molar-refractivity contribution in [2.75, 3.05) is 0 Å². The lowest BCUT2D eigenvalue weighted by molar-refractivity contribution is 0.311. The molecule has 0 saturated carbocycles. The van der Waals surface area contributed by atoms with Gasteiger partial charge in [0, 0.05) is 0 Å². The molecule has 1 nitrogen and oxygen atoms in total. The molecule has 0 aliphatic heterocycles. The lowest BCUT2D eigenvalue weighted by Crippen LogP contribution is -2.08. The van der Waals surface area contributed by atoms with Gasteiger partial charge in [-0.3, -0.25) is 0 Å². The van der Waals surface area contributed by atoms with Crippen LogP contribution in [-0.4, -0.2) is 14.6 Å². The van der Waals surface area contributed by atoms with Gasteiger partial charge in [0.05, 0.1) is 0 Å². The maximum absolute atomic E-state index is 8.58. The Kier molecular flexibility index (Phi) is 5.87. The predicted octanol–water partition coefficient (Wildman–Crippen LogP) is 2.62. The van der Waals surface area contributed by atoms with Crippen molar-refractivity contribution >= 4 is 9.76 Å². The zero-order valence-corrected chi connectivity index (χ0v) is 8.98. The van der Waals surface area contributed by atoms with Crippen LogP contribution >= 0.6 is 0 Å². The number of rotatable bonds is 6. The molecule has 0 aliphatic carbocycles. The fourth-order valence-corrected chi connectivity index (χ4v) is 1.39. The minimum absolute atomic E-state index is 0.152. The monoisotopic (exact) mass is 172 g/mol. The van der Waals surface area contributed by atoms with Crippen LogP contribution < -0.4 is 0 Å². The van der Waals surface area contributed by atoms with E-state index in [9.17, 15) is 0 Å². The van der Waals surface area contributed by atoms with Gasteiger partial charge in [-0.1, -0.05) is 40.0 Å². The molecular formula is C9H20OSi. The summed E-state index contributed by atoms with van der Waals surface area (Å²) in [6.07, 6.45) is 5.02. The molecule has 0 saturated heterocycles. The Morgan fingerprint density at radius 2 is 1.91 bits per heavy atom. The average molecular weight is 172 g/mol. The van der Waals surface area contributed by atoms with Gasteiger partial charge in [-0.2, -0.15) is 0 Å². The van der Waals surface area contributed by atoms with Gasteiger partial charge in [0.2, 0.25) is 9.76 Å². The maximum Gasteiger partial charge on any atom is 0.224 e. The molecule has 0 rings (SSSR count). The van der Waals surface area contributed by atoms with Gasteiger partial charge in [-0.05, 0) is 17.9 Å². The van der Waals surface area contributed by atoms with E-state index in [0.29, 0.717) is 5.41 Å². The highest BCUT2D eigenvalue weighted by molar-refractivity contribution is 6.25. The van der Waals surface area contributed by atoms with Gasteiger partial charge in [0.1, 0.15) is 0 Å². The van der Waals surface area contributed by atoms with E-state index in [1.54, 1.807) is 0 Å². The van der Waals surface area contributed by atoms with E-state index in [4.69, 9.17) is 4.80 Å². The second kappa shape index (κ2) is 5.78. The van der Waals surface area contributed by atoms with E-state index in [0.717, 1.165) is 6.04 Å². The molecule has 1 N–H and O–H groups in total. The number of hydrogen-bond acceptors (Lipinski definition) is 1. The van der Waals surface area contributed by atoms with Crippen LogP contribution in [0.15, 0.2) is 0 Å². The Balaban J connectivity index is 3.23. The second-order valence-corrected chi connectivity index (χ2v) is 4.70. The van der Waals surface area contributed by atoms with E-state index in [-0.39, 0.29) is 9.76 Å². The van der Waals surface area contributed by atoms with Crippen LogP contribution in [0.25, 0.3) is 0 Å². The summed E-state index contributed by atoms with van der Waals surface area (Å²) in [5.41, 5.74) is 0.512. The molecule has 0 bridgehead atoms. The van der Waals surface area contributed by atoms with Crippen LogP contribution in [0.2, 0.25) is 6.04 Å². The highest BCUT2D eigenvalue weighted by Gasteiger charge is 2.13. The van der Waals surface area contributed by atoms with Crippen molar-refractivity contribution in [1.82, 2.24) is 0 Å². The lowest BCUT2D eigenvalue weighted by Gasteiger charge is -2.21. The van der Waals surface area contributed by atoms with Crippen molar-refractivity contribution < 1.29 is 4.80 Å². The zero-order chi connectivity index (χ0) is 8.74. The van der Waals surface area contributed by atoms with Crippen LogP contribution in [0.5, 0.6) is 0 Å². The first-order chi connectivity index (χ1) is 5.12. The standard InChI is InChI=1S/C9H20OSi/c1-4-9(2,3)7-5-6-8-11-10/h10H,4-8H2,1-3H3. The molecule has 0 unspecified atom stereocenters. The fraction of sp³-hybridized carbons (Fsp3) is 1.00. The summed E-state index contributed by atoms with van der Waals surface area (Å²) in [4.78, 5) is 8.58. The van der Waals surface area contributed by atoms with E-state index in [1.807, 2.05) is 0 Å². The largest absolute Gasteiger partial charge is 0.432 e. The van der Waals surface area contributed by atoms with Gasteiger partial charge in [0.25, 0.3) is 0 Å². The van der Waals surface area contributed by atoms with Crippen molar-refractivity contribution in [2.45, 2.75) is 52.5 Å². The van der Waals surface area contributed by atoms with E-state index < -0.39 is 0 Å². The SMILES string of the molecule is CCC(C)(C)CCCC[Si]O. The van der Waals surface area contributed by atoms with Crippen molar-refractivity contribution in [2.24, 2.45) is 5.41 Å². The molecule has 0 aromatic rings. The molecule has 0 aromatic heterocycles. The van der Waals surface area contributed by atoms with Gasteiger partial charge in [-0.15, -0.1) is 0 Å². The van der Waals surface area contributed by atoms with Gasteiger partial charge >= 0.3 is 0 Å². The minimum atomic E-state index is 0.152. The topological polar surface area (TPSA) is 20.2 Å². The highest BCUT2D eigenvalue weighted by Crippen LogP contribution is 2.26. The van der Waals surface area contributed by atoms with Gasteiger partial charge in [0.15, 0.2) is 0 Å². The fourth-order valence-electron chi connectivity index (χ4n) is 0.984. The Labute approximate surface area is 73.2 Å². The molecule has 0 heterocycles. The Morgan fingerprint density at radius 3 is 2.36 bits per heavy atom. The van der Waals surface area contributed by atoms with Gasteiger partial charge < -0.3 is 4.80 Å². The Hall–Kier alpha value is 0.177. The van der Waals surface area contributed by atoms with Crippen LogP contribution in [0, 0.1) is 5.41 Å². The summed E-state index contributed by atoms with van der Waals surface area (Å²) in [5, 5.41) is 0. The van der Waals surface area contributed by atoms with Crippen molar-refractivity contribution in [1.29, 1.82) is 0 Å². The van der Waals surface area contributed by atoms with E-state index in [1.165, 1.54) is 25.7 Å². The van der Waals surface area contributed by atoms with Crippen LogP contribution in [0.1, 0.15) is 46.5 Å². The second-order valence-electron chi connectivity index (χ2n) is 3.88. The highest BCUT2D eigenvalue weighted by atomic mass is 28.2. The smallest absolute Gasteiger partial charge is 0.224 e. The molecule has 0 amide bonds. The van der Waals surface area contributed by atoms with Gasteiger partial charge in [-0.25, -0.2) is 0 Å². The summed E-state index contributed by atoms with van der Waals surface area (Å²) >= 11 is 0. The molecule has 0 spiro atoms. The summed E-state index contributed by atoms with van der Waals surface area (Å²) in [5.74, 6) is 0. The molecule has 0 aromatic carbocycles. The third-order valence-electron chi connectivity index (χ3n) is 2.35. The third-order valence-corrected chi connectivity index (χ3v) is 2.93. The molecular weight excluding hydrogens is 152 g/mol. The zero-order valence-electron chi connectivity index (χ0n) is 7.98. The Bertz CT molecular complexity index is 91.6. The first-order valence-electron chi connectivity index (χ1n) is 4.49. The molecule has 2 radical (unpaired) electrons. The van der Waals surface area contributed by atoms with Crippen molar-refractivity contribution in [3.8, 4) is 0 Å². The summed E-state index contributed by atoms with van der Waals surface area (Å²) in [7, 11) is 0.152. The first-order valence-corrected chi connectivity index (χ1v) is 5.65. The number of unbranched alkanes of at least 4 members (excludes halogenated alkanes) is 1. The quantitative estimate of drug-likeness (QED) is 0.482. The summed E-state index contributed by atoms with van der Waals surface area (Å²) in [6, 6.07) is 1.000.